The summed E-state index contributed by atoms with van der Waals surface area (Å²) in [7, 11) is 0. The summed E-state index contributed by atoms with van der Waals surface area (Å²) in [4.78, 5) is 23.7. The molecule has 2 N–H and O–H groups in total. The van der Waals surface area contributed by atoms with Crippen LogP contribution in [0.3, 0.4) is 0 Å². The van der Waals surface area contributed by atoms with Gasteiger partial charge in [-0.3, -0.25) is 9.59 Å². The molecule has 0 aromatic heterocycles. The van der Waals surface area contributed by atoms with Crippen molar-refractivity contribution >= 4 is 11.8 Å². The van der Waals surface area contributed by atoms with E-state index in [0.717, 1.165) is 0 Å². The third-order valence-electron chi connectivity index (χ3n) is 3.11. The average molecular weight is 278 g/mol. The van der Waals surface area contributed by atoms with Crippen LogP contribution >= 0.6 is 0 Å². The summed E-state index contributed by atoms with van der Waals surface area (Å²) in [6.45, 7) is 3.75. The highest BCUT2D eigenvalue weighted by molar-refractivity contribution is 5.92. The molecule has 2 amide bonds. The van der Waals surface area contributed by atoms with E-state index in [1.54, 1.807) is 24.3 Å². The highest BCUT2D eigenvalue weighted by atomic mass is 19.1. The Labute approximate surface area is 115 Å². The maximum absolute atomic E-state index is 12.8. The predicted octanol–water partition coefficient (Wildman–Crippen LogP) is 1.25. The van der Waals surface area contributed by atoms with E-state index in [4.69, 9.17) is 10.5 Å². The van der Waals surface area contributed by atoms with Gasteiger partial charge < -0.3 is 15.4 Å². The molecule has 6 heteroatoms. The van der Waals surface area contributed by atoms with Gasteiger partial charge >= 0.3 is 0 Å². The number of primary amides is 1. The van der Waals surface area contributed by atoms with Crippen LogP contribution in [0.5, 0.6) is 5.75 Å². The maximum atomic E-state index is 12.8. The molecular formula is C14H15FN2O3. The van der Waals surface area contributed by atoms with Crippen molar-refractivity contribution in [2.24, 2.45) is 5.73 Å². The minimum atomic E-state index is -0.962. The van der Waals surface area contributed by atoms with Gasteiger partial charge in [0.15, 0.2) is 5.83 Å². The van der Waals surface area contributed by atoms with Gasteiger partial charge in [0, 0.05) is 18.5 Å². The molecule has 1 heterocycles. The van der Waals surface area contributed by atoms with Crippen LogP contribution in [0.1, 0.15) is 16.8 Å². The van der Waals surface area contributed by atoms with Crippen molar-refractivity contribution in [3.63, 3.8) is 0 Å². The normalized spacial score (nSPS) is 17.9. The number of carbonyl (C=O) groups excluding carboxylic acids is 2. The number of hydrogen-bond acceptors (Lipinski definition) is 3. The Hall–Kier alpha value is -2.37. The lowest BCUT2D eigenvalue weighted by Crippen LogP contribution is -2.30. The second-order valence-corrected chi connectivity index (χ2v) is 4.57. The van der Waals surface area contributed by atoms with E-state index in [9.17, 15) is 14.0 Å². The fourth-order valence-electron chi connectivity index (χ4n) is 2.07. The first-order valence-corrected chi connectivity index (χ1v) is 6.17. The zero-order chi connectivity index (χ0) is 14.7. The highest BCUT2D eigenvalue weighted by Crippen LogP contribution is 2.20. The van der Waals surface area contributed by atoms with Gasteiger partial charge in [-0.25, -0.2) is 4.39 Å². The lowest BCUT2D eigenvalue weighted by Gasteiger charge is -2.16. The number of halogens is 1. The standard InChI is InChI=1S/C14H15FN2O3/c1-9(15)14(19)17-7-6-12(8-17)20-11-4-2-10(3-5-11)13(16)18/h2-5,12H,1,6-8H2,(H2,16,18). The molecule has 106 valence electrons. The van der Waals surface area contributed by atoms with Gasteiger partial charge in [-0.15, -0.1) is 0 Å². The topological polar surface area (TPSA) is 72.6 Å². The van der Waals surface area contributed by atoms with Gasteiger partial charge in [0.1, 0.15) is 11.9 Å². The van der Waals surface area contributed by atoms with Crippen LogP contribution in [0.4, 0.5) is 4.39 Å². The number of benzene rings is 1. The summed E-state index contributed by atoms with van der Waals surface area (Å²) in [5, 5.41) is 0. The van der Waals surface area contributed by atoms with Crippen LogP contribution in [-0.4, -0.2) is 35.9 Å². The molecule has 20 heavy (non-hydrogen) atoms. The second-order valence-electron chi connectivity index (χ2n) is 4.57. The largest absolute Gasteiger partial charge is 0.489 e. The van der Waals surface area contributed by atoms with Crippen molar-refractivity contribution < 1.29 is 18.7 Å². The van der Waals surface area contributed by atoms with E-state index in [1.807, 2.05) is 0 Å². The lowest BCUT2D eigenvalue weighted by atomic mass is 10.2. The molecule has 0 saturated carbocycles. The van der Waals surface area contributed by atoms with Gasteiger partial charge in [0.25, 0.3) is 5.91 Å². The van der Waals surface area contributed by atoms with E-state index in [2.05, 4.69) is 6.58 Å². The Balaban J connectivity index is 1.93. The van der Waals surface area contributed by atoms with E-state index in [0.29, 0.717) is 30.8 Å². The molecule has 0 radical (unpaired) electrons. The fraction of sp³-hybridized carbons (Fsp3) is 0.286. The number of likely N-dealkylation sites (tertiary alicyclic amines) is 1. The number of nitrogens with zero attached hydrogens (tertiary/aromatic N) is 1. The van der Waals surface area contributed by atoms with Gasteiger partial charge in [0.2, 0.25) is 5.91 Å². The monoisotopic (exact) mass is 278 g/mol. The summed E-state index contributed by atoms with van der Waals surface area (Å²) >= 11 is 0. The van der Waals surface area contributed by atoms with E-state index in [-0.39, 0.29) is 6.10 Å². The van der Waals surface area contributed by atoms with Crippen LogP contribution in [0, 0.1) is 0 Å². The molecule has 0 spiro atoms. The Morgan fingerprint density at radius 1 is 1.35 bits per heavy atom. The third-order valence-corrected chi connectivity index (χ3v) is 3.11. The summed E-state index contributed by atoms with van der Waals surface area (Å²) in [5.41, 5.74) is 5.54. The summed E-state index contributed by atoms with van der Waals surface area (Å²) in [6.07, 6.45) is 0.425. The number of ether oxygens (including phenoxy) is 1. The van der Waals surface area contributed by atoms with Crippen molar-refractivity contribution in [1.82, 2.24) is 4.90 Å². The van der Waals surface area contributed by atoms with Crippen LogP contribution in [0.2, 0.25) is 0 Å². The van der Waals surface area contributed by atoms with Crippen molar-refractivity contribution in [3.05, 3.63) is 42.2 Å². The Morgan fingerprint density at radius 3 is 2.55 bits per heavy atom. The Bertz CT molecular complexity index is 542. The highest BCUT2D eigenvalue weighted by Gasteiger charge is 2.28. The molecule has 1 unspecified atom stereocenters. The summed E-state index contributed by atoms with van der Waals surface area (Å²) < 4.78 is 18.4. The second kappa shape index (κ2) is 5.73. The van der Waals surface area contributed by atoms with Gasteiger partial charge in [0.05, 0.1) is 6.54 Å². The predicted molar refractivity (Wildman–Crippen MR) is 70.8 cm³/mol. The fourth-order valence-corrected chi connectivity index (χ4v) is 2.07. The number of carbonyl (C=O) groups is 2. The quantitative estimate of drug-likeness (QED) is 0.842. The molecular weight excluding hydrogens is 263 g/mol. The summed E-state index contributed by atoms with van der Waals surface area (Å²) in [5.74, 6) is -1.58. The molecule has 1 saturated heterocycles. The van der Waals surface area contributed by atoms with Crippen LogP contribution in [-0.2, 0) is 4.79 Å². The minimum absolute atomic E-state index is 0.197. The number of nitrogens with two attached hydrogens (primary N) is 1. The minimum Gasteiger partial charge on any atom is -0.489 e. The third kappa shape index (κ3) is 3.14. The lowest BCUT2D eigenvalue weighted by molar-refractivity contribution is -0.127. The number of hydrogen-bond donors (Lipinski definition) is 1. The molecule has 2 rings (SSSR count). The molecule has 1 aromatic rings. The van der Waals surface area contributed by atoms with Gasteiger partial charge in [-0.2, -0.15) is 0 Å². The van der Waals surface area contributed by atoms with Gasteiger partial charge in [-0.05, 0) is 24.3 Å². The van der Waals surface area contributed by atoms with Crippen LogP contribution < -0.4 is 10.5 Å². The maximum Gasteiger partial charge on any atom is 0.282 e. The molecule has 1 fully saturated rings. The smallest absolute Gasteiger partial charge is 0.282 e. The zero-order valence-electron chi connectivity index (χ0n) is 10.8. The Kier molecular flexibility index (Phi) is 4.02. The van der Waals surface area contributed by atoms with Gasteiger partial charge in [-0.1, -0.05) is 6.58 Å². The van der Waals surface area contributed by atoms with Crippen LogP contribution in [0.15, 0.2) is 36.7 Å². The van der Waals surface area contributed by atoms with E-state index < -0.39 is 17.6 Å². The number of amides is 2. The first-order chi connectivity index (χ1) is 9.47. The summed E-state index contributed by atoms with van der Waals surface area (Å²) in [6, 6.07) is 6.41. The molecule has 1 aliphatic heterocycles. The first kappa shape index (κ1) is 14.0. The molecule has 1 aromatic carbocycles. The van der Waals surface area contributed by atoms with E-state index in [1.165, 1.54) is 4.90 Å². The number of rotatable bonds is 4. The van der Waals surface area contributed by atoms with Crippen molar-refractivity contribution in [1.29, 1.82) is 0 Å². The molecule has 1 aliphatic rings. The van der Waals surface area contributed by atoms with Crippen molar-refractivity contribution in [2.45, 2.75) is 12.5 Å². The van der Waals surface area contributed by atoms with Crippen molar-refractivity contribution in [3.8, 4) is 5.75 Å². The van der Waals surface area contributed by atoms with Crippen molar-refractivity contribution in [2.75, 3.05) is 13.1 Å². The SMILES string of the molecule is C=C(F)C(=O)N1CCC(Oc2ccc(C(N)=O)cc2)C1. The Morgan fingerprint density at radius 2 is 2.00 bits per heavy atom. The van der Waals surface area contributed by atoms with E-state index >= 15 is 0 Å². The first-order valence-electron chi connectivity index (χ1n) is 6.17. The zero-order valence-corrected chi connectivity index (χ0v) is 10.8. The molecule has 0 bridgehead atoms. The molecule has 5 nitrogen and oxygen atoms in total. The molecule has 0 aliphatic carbocycles. The average Bonchev–Trinajstić information content (AvgIpc) is 2.86. The molecule has 1 atom stereocenters. The van der Waals surface area contributed by atoms with Crippen LogP contribution in [0.25, 0.3) is 0 Å².